The van der Waals surface area contributed by atoms with Gasteiger partial charge in [-0.1, -0.05) is 23.7 Å². The number of carbonyl (C=O) groups excluding carboxylic acids is 1. The van der Waals surface area contributed by atoms with Crippen molar-refractivity contribution in [1.82, 2.24) is 4.98 Å². The van der Waals surface area contributed by atoms with Crippen LogP contribution in [0.2, 0.25) is 5.15 Å². The molecule has 0 N–H and O–H groups in total. The van der Waals surface area contributed by atoms with Crippen LogP contribution in [0, 0.1) is 6.92 Å². The van der Waals surface area contributed by atoms with Crippen molar-refractivity contribution in [3.63, 3.8) is 0 Å². The summed E-state index contributed by atoms with van der Waals surface area (Å²) in [5.41, 5.74) is 2.11. The van der Waals surface area contributed by atoms with Crippen LogP contribution in [0.1, 0.15) is 15.9 Å². The van der Waals surface area contributed by atoms with Gasteiger partial charge in [0.05, 0.1) is 11.1 Å². The van der Waals surface area contributed by atoms with Crippen LogP contribution in [0.4, 0.5) is 0 Å². The average molecular weight is 285 g/mol. The number of halogens is 2. The van der Waals surface area contributed by atoms with Crippen molar-refractivity contribution in [3.8, 4) is 0 Å². The Morgan fingerprint density at radius 3 is 2.87 bits per heavy atom. The molecule has 1 heterocycles. The monoisotopic (exact) mass is 283 g/mol. The first-order valence-electron chi connectivity index (χ1n) is 4.34. The zero-order valence-electron chi connectivity index (χ0n) is 7.92. The van der Waals surface area contributed by atoms with Crippen molar-refractivity contribution in [3.05, 3.63) is 39.0 Å². The molecular weight excluding hydrogens is 277 g/mol. The topological polar surface area (TPSA) is 30.0 Å². The number of fused-ring (bicyclic) bond motifs is 1. The van der Waals surface area contributed by atoms with E-state index in [2.05, 4.69) is 20.9 Å². The Morgan fingerprint density at radius 2 is 2.20 bits per heavy atom. The first-order valence-corrected chi connectivity index (χ1v) is 5.51. The minimum Gasteiger partial charge on any atom is -0.298 e. The lowest BCUT2D eigenvalue weighted by molar-refractivity contribution is 0.112. The summed E-state index contributed by atoms with van der Waals surface area (Å²) in [6, 6.07) is 5.72. The summed E-state index contributed by atoms with van der Waals surface area (Å²) in [5, 5.41) is 1.19. The second-order valence-electron chi connectivity index (χ2n) is 3.20. The van der Waals surface area contributed by atoms with Gasteiger partial charge in [-0.05, 0) is 34.5 Å². The fourth-order valence-corrected chi connectivity index (χ4v) is 2.25. The Labute approximate surface area is 100 Å². The second kappa shape index (κ2) is 3.91. The maximum atomic E-state index is 10.8. The van der Waals surface area contributed by atoms with Crippen LogP contribution >= 0.6 is 27.5 Å². The zero-order chi connectivity index (χ0) is 11.0. The summed E-state index contributed by atoms with van der Waals surface area (Å²) in [5.74, 6) is 0. The number of aryl methyl sites for hydroxylation is 1. The van der Waals surface area contributed by atoms with E-state index in [0.29, 0.717) is 5.56 Å². The lowest BCUT2D eigenvalue weighted by Gasteiger charge is -2.07. The van der Waals surface area contributed by atoms with Crippen LogP contribution in [0.3, 0.4) is 0 Å². The van der Waals surface area contributed by atoms with E-state index >= 15 is 0 Å². The highest BCUT2D eigenvalue weighted by atomic mass is 79.9. The molecule has 4 heteroatoms. The van der Waals surface area contributed by atoms with Gasteiger partial charge >= 0.3 is 0 Å². The van der Waals surface area contributed by atoms with Crippen molar-refractivity contribution >= 4 is 44.7 Å². The van der Waals surface area contributed by atoms with E-state index in [0.717, 1.165) is 27.2 Å². The Bertz CT molecular complexity index is 554. The molecular formula is C11H7BrClNO. The van der Waals surface area contributed by atoms with Crippen molar-refractivity contribution in [2.24, 2.45) is 0 Å². The van der Waals surface area contributed by atoms with E-state index in [1.807, 2.05) is 25.1 Å². The van der Waals surface area contributed by atoms with Crippen LogP contribution < -0.4 is 0 Å². The summed E-state index contributed by atoms with van der Waals surface area (Å²) in [4.78, 5) is 15.0. The molecule has 2 aromatic rings. The van der Waals surface area contributed by atoms with Crippen LogP contribution in [-0.2, 0) is 0 Å². The average Bonchev–Trinajstić information content (AvgIpc) is 2.20. The molecule has 0 spiro atoms. The smallest absolute Gasteiger partial charge is 0.153 e. The van der Waals surface area contributed by atoms with Gasteiger partial charge in [0.15, 0.2) is 6.29 Å². The zero-order valence-corrected chi connectivity index (χ0v) is 10.3. The van der Waals surface area contributed by atoms with Crippen LogP contribution in [0.25, 0.3) is 10.9 Å². The van der Waals surface area contributed by atoms with Crippen molar-refractivity contribution in [2.45, 2.75) is 6.92 Å². The van der Waals surface area contributed by atoms with Gasteiger partial charge in [-0.15, -0.1) is 0 Å². The number of aromatic nitrogens is 1. The second-order valence-corrected chi connectivity index (χ2v) is 4.41. The maximum Gasteiger partial charge on any atom is 0.153 e. The predicted octanol–water partition coefficient (Wildman–Crippen LogP) is 3.77. The molecule has 2 rings (SSSR count). The van der Waals surface area contributed by atoms with Gasteiger partial charge in [0, 0.05) is 9.86 Å². The molecule has 0 unspecified atom stereocenters. The minimum absolute atomic E-state index is 0.252. The SMILES string of the molecule is Cc1c(C=O)c(Cl)nc2c(Br)cccc12. The molecule has 2 nitrogen and oxygen atoms in total. The van der Waals surface area contributed by atoms with E-state index in [1.54, 1.807) is 0 Å². The van der Waals surface area contributed by atoms with Crippen LogP contribution in [0.5, 0.6) is 0 Å². The third kappa shape index (κ3) is 1.66. The van der Waals surface area contributed by atoms with Crippen molar-refractivity contribution in [1.29, 1.82) is 0 Å². The molecule has 0 fully saturated rings. The minimum atomic E-state index is 0.252. The van der Waals surface area contributed by atoms with E-state index in [9.17, 15) is 4.79 Å². The number of pyridine rings is 1. The van der Waals surface area contributed by atoms with Gasteiger partial charge in [-0.25, -0.2) is 4.98 Å². The fourth-order valence-electron chi connectivity index (χ4n) is 1.53. The molecule has 0 saturated heterocycles. The Hall–Kier alpha value is -0.930. The number of hydrogen-bond donors (Lipinski definition) is 0. The number of benzene rings is 1. The van der Waals surface area contributed by atoms with Gasteiger partial charge in [0.25, 0.3) is 0 Å². The molecule has 0 amide bonds. The molecule has 0 saturated carbocycles. The first-order chi connectivity index (χ1) is 7.15. The summed E-state index contributed by atoms with van der Waals surface area (Å²) >= 11 is 9.32. The lowest BCUT2D eigenvalue weighted by Crippen LogP contribution is -1.94. The highest BCUT2D eigenvalue weighted by Crippen LogP contribution is 2.29. The van der Waals surface area contributed by atoms with Crippen LogP contribution in [0.15, 0.2) is 22.7 Å². The largest absolute Gasteiger partial charge is 0.298 e. The highest BCUT2D eigenvalue weighted by Gasteiger charge is 2.11. The predicted molar refractivity (Wildman–Crippen MR) is 64.6 cm³/mol. The molecule has 76 valence electrons. The van der Waals surface area contributed by atoms with Crippen molar-refractivity contribution < 1.29 is 4.79 Å². The summed E-state index contributed by atoms with van der Waals surface area (Å²) in [6.07, 6.45) is 0.741. The van der Waals surface area contributed by atoms with Gasteiger partial charge in [0.1, 0.15) is 5.15 Å². The van der Waals surface area contributed by atoms with Gasteiger partial charge < -0.3 is 0 Å². The van der Waals surface area contributed by atoms with E-state index in [4.69, 9.17) is 11.6 Å². The number of nitrogens with zero attached hydrogens (tertiary/aromatic N) is 1. The molecule has 0 radical (unpaired) electrons. The molecule has 15 heavy (non-hydrogen) atoms. The Kier molecular flexibility index (Phi) is 2.76. The molecule has 0 aliphatic heterocycles. The molecule has 0 aliphatic carbocycles. The molecule has 0 atom stereocenters. The maximum absolute atomic E-state index is 10.8. The summed E-state index contributed by atoms with van der Waals surface area (Å²) in [6.45, 7) is 1.87. The molecule has 0 bridgehead atoms. The van der Waals surface area contributed by atoms with E-state index in [-0.39, 0.29) is 5.15 Å². The third-order valence-electron chi connectivity index (χ3n) is 2.34. The number of hydrogen-bond acceptors (Lipinski definition) is 2. The van der Waals surface area contributed by atoms with Crippen molar-refractivity contribution in [2.75, 3.05) is 0 Å². The molecule has 0 aliphatic rings. The Balaban J connectivity index is 2.97. The number of para-hydroxylation sites is 1. The standard InChI is InChI=1S/C11H7BrClNO/c1-6-7-3-2-4-9(12)10(7)14-11(13)8(6)5-15/h2-5H,1H3. The molecule has 1 aromatic carbocycles. The van der Waals surface area contributed by atoms with Gasteiger partial charge in [-0.2, -0.15) is 0 Å². The Morgan fingerprint density at radius 1 is 1.47 bits per heavy atom. The highest BCUT2D eigenvalue weighted by molar-refractivity contribution is 9.10. The van der Waals surface area contributed by atoms with Gasteiger partial charge in [0.2, 0.25) is 0 Å². The quantitative estimate of drug-likeness (QED) is 0.589. The fraction of sp³-hybridized carbons (Fsp3) is 0.0909. The number of aldehydes is 1. The number of carbonyl (C=O) groups is 1. The normalized spacial score (nSPS) is 10.6. The van der Waals surface area contributed by atoms with Gasteiger partial charge in [-0.3, -0.25) is 4.79 Å². The first kappa shape index (κ1) is 10.6. The third-order valence-corrected chi connectivity index (χ3v) is 3.27. The molecule has 1 aromatic heterocycles. The van der Waals surface area contributed by atoms with Crippen LogP contribution in [-0.4, -0.2) is 11.3 Å². The van der Waals surface area contributed by atoms with E-state index < -0.39 is 0 Å². The lowest BCUT2D eigenvalue weighted by atomic mass is 10.1. The summed E-state index contributed by atoms with van der Waals surface area (Å²) in [7, 11) is 0. The number of rotatable bonds is 1. The summed E-state index contributed by atoms with van der Waals surface area (Å²) < 4.78 is 0.877. The van der Waals surface area contributed by atoms with E-state index in [1.165, 1.54) is 0 Å².